The predicted molar refractivity (Wildman–Crippen MR) is 144 cm³/mol. The number of benzene rings is 1. The zero-order chi connectivity index (χ0) is 25.7. The van der Waals surface area contributed by atoms with Gasteiger partial charge in [-0.1, -0.05) is 41.6 Å². The molecule has 0 unspecified atom stereocenters. The lowest BCUT2D eigenvalue weighted by molar-refractivity contribution is -0.113. The number of halogens is 1. The highest BCUT2D eigenvalue weighted by molar-refractivity contribution is 7.99. The Labute approximate surface area is 221 Å². The van der Waals surface area contributed by atoms with Gasteiger partial charge in [-0.3, -0.25) is 4.79 Å². The van der Waals surface area contributed by atoms with Crippen LogP contribution >= 0.6 is 34.7 Å². The summed E-state index contributed by atoms with van der Waals surface area (Å²) in [6.45, 7) is 4.36. The molecule has 0 aliphatic carbocycles. The zero-order valence-corrected chi connectivity index (χ0v) is 22.1. The maximum Gasteiger partial charge on any atom is 0.341 e. The van der Waals surface area contributed by atoms with Crippen molar-refractivity contribution in [1.82, 2.24) is 19.3 Å². The summed E-state index contributed by atoms with van der Waals surface area (Å²) in [6, 6.07) is 11.1. The Kier molecular flexibility index (Phi) is 8.29. The first-order valence-corrected chi connectivity index (χ1v) is 13.2. The van der Waals surface area contributed by atoms with Gasteiger partial charge in [-0.15, -0.1) is 28.1 Å². The molecule has 1 amide bonds. The first-order valence-electron chi connectivity index (χ1n) is 10.9. The number of thiophene rings is 1. The van der Waals surface area contributed by atoms with Crippen LogP contribution < -0.4 is 5.32 Å². The topological polar surface area (TPSA) is 91.0 Å². The van der Waals surface area contributed by atoms with Crippen molar-refractivity contribution in [3.63, 3.8) is 0 Å². The van der Waals surface area contributed by atoms with Gasteiger partial charge in [-0.25, -0.2) is 4.79 Å². The largest absolute Gasteiger partial charge is 0.465 e. The maximum absolute atomic E-state index is 12.8. The van der Waals surface area contributed by atoms with Crippen molar-refractivity contribution >= 4 is 51.6 Å². The second-order valence-electron chi connectivity index (χ2n) is 7.77. The molecule has 1 N–H and O–H groups in total. The van der Waals surface area contributed by atoms with Gasteiger partial charge in [0.15, 0.2) is 5.16 Å². The van der Waals surface area contributed by atoms with E-state index in [4.69, 9.17) is 16.3 Å². The van der Waals surface area contributed by atoms with Gasteiger partial charge in [0.1, 0.15) is 16.4 Å². The Bertz CT molecular complexity index is 1390. The third-order valence-electron chi connectivity index (χ3n) is 5.42. The van der Waals surface area contributed by atoms with Gasteiger partial charge in [0, 0.05) is 47.9 Å². The summed E-state index contributed by atoms with van der Waals surface area (Å²) in [7, 11) is 3.29. The van der Waals surface area contributed by atoms with Crippen LogP contribution in [0.4, 0.5) is 5.00 Å². The molecular weight excluding hydrogens is 518 g/mol. The minimum absolute atomic E-state index is 0.0915. The number of thioether (sulfide) groups is 1. The highest BCUT2D eigenvalue weighted by atomic mass is 35.5. The Morgan fingerprint density at radius 2 is 2.03 bits per heavy atom. The van der Waals surface area contributed by atoms with Crippen LogP contribution in [-0.4, -0.2) is 44.1 Å². The monoisotopic (exact) mass is 541 g/mol. The Morgan fingerprint density at radius 1 is 1.25 bits per heavy atom. The lowest BCUT2D eigenvalue weighted by Gasteiger charge is -2.09. The molecule has 186 valence electrons. The van der Waals surface area contributed by atoms with Gasteiger partial charge in [-0.05, 0) is 29.8 Å². The second-order valence-corrected chi connectivity index (χ2v) is 10.0. The lowest BCUT2D eigenvalue weighted by atomic mass is 10.0. The van der Waals surface area contributed by atoms with E-state index in [1.165, 1.54) is 30.2 Å². The molecule has 8 nitrogen and oxygen atoms in total. The van der Waals surface area contributed by atoms with E-state index in [2.05, 4.69) is 22.1 Å². The summed E-state index contributed by atoms with van der Waals surface area (Å²) >= 11 is 8.53. The summed E-state index contributed by atoms with van der Waals surface area (Å²) in [4.78, 5) is 25.4. The predicted octanol–water partition coefficient (Wildman–Crippen LogP) is 5.29. The van der Waals surface area contributed by atoms with Crippen LogP contribution in [0.15, 0.2) is 65.8 Å². The van der Waals surface area contributed by atoms with E-state index in [0.29, 0.717) is 39.3 Å². The van der Waals surface area contributed by atoms with Crippen LogP contribution in [0.5, 0.6) is 0 Å². The van der Waals surface area contributed by atoms with Crippen molar-refractivity contribution < 1.29 is 14.3 Å². The van der Waals surface area contributed by atoms with Gasteiger partial charge in [0.05, 0.1) is 12.9 Å². The van der Waals surface area contributed by atoms with E-state index in [1.807, 2.05) is 52.0 Å². The molecule has 4 rings (SSSR count). The first kappa shape index (κ1) is 25.7. The third kappa shape index (κ3) is 5.72. The fourth-order valence-electron chi connectivity index (χ4n) is 3.60. The molecule has 11 heteroatoms. The van der Waals surface area contributed by atoms with Crippen molar-refractivity contribution in [2.45, 2.75) is 18.1 Å². The molecule has 0 aliphatic heterocycles. The van der Waals surface area contributed by atoms with Gasteiger partial charge in [0.2, 0.25) is 5.91 Å². The van der Waals surface area contributed by atoms with E-state index in [0.717, 1.165) is 17.1 Å². The number of methoxy groups -OCH3 is 1. The van der Waals surface area contributed by atoms with E-state index in [1.54, 1.807) is 18.2 Å². The van der Waals surface area contributed by atoms with Crippen molar-refractivity contribution in [3.05, 3.63) is 82.7 Å². The molecule has 0 atom stereocenters. The molecule has 3 heterocycles. The summed E-state index contributed by atoms with van der Waals surface area (Å²) in [5, 5.41) is 14.9. The van der Waals surface area contributed by atoms with Crippen molar-refractivity contribution in [1.29, 1.82) is 0 Å². The number of carbonyl (C=O) groups excluding carboxylic acids is 2. The molecule has 0 aliphatic rings. The molecule has 0 saturated carbocycles. The number of nitrogens with zero attached hydrogens (tertiary/aromatic N) is 4. The number of nitrogens with one attached hydrogen (secondary N) is 1. The number of amides is 1. The zero-order valence-electron chi connectivity index (χ0n) is 19.7. The molecule has 4 aromatic rings. The molecular formula is C25H24ClN5O3S2. The summed E-state index contributed by atoms with van der Waals surface area (Å²) in [6.07, 6.45) is 4.37. The number of carbonyl (C=O) groups is 2. The van der Waals surface area contributed by atoms with Crippen molar-refractivity contribution in [2.24, 2.45) is 7.05 Å². The highest BCUT2D eigenvalue weighted by Gasteiger charge is 2.23. The molecule has 1 aromatic carbocycles. The van der Waals surface area contributed by atoms with Crippen molar-refractivity contribution in [2.75, 3.05) is 18.2 Å². The van der Waals surface area contributed by atoms with Crippen molar-refractivity contribution in [3.8, 4) is 11.1 Å². The molecule has 3 aromatic heterocycles. The Morgan fingerprint density at radius 3 is 2.69 bits per heavy atom. The average Bonchev–Trinajstić information content (AvgIpc) is 3.58. The van der Waals surface area contributed by atoms with E-state index in [9.17, 15) is 9.59 Å². The fraction of sp³-hybridized carbons (Fsp3) is 0.200. The number of aryl methyl sites for hydroxylation is 1. The number of esters is 1. The van der Waals surface area contributed by atoms with E-state index in [-0.39, 0.29) is 11.7 Å². The molecule has 0 saturated heterocycles. The maximum atomic E-state index is 12.8. The Hall–Kier alpha value is -3.34. The van der Waals surface area contributed by atoms with E-state index < -0.39 is 5.97 Å². The highest BCUT2D eigenvalue weighted by Crippen LogP contribution is 2.36. The SMILES string of the molecule is C=CCn1c(Cc2cccn2C)nnc1SCC(=O)Nc1scc(-c2ccc(Cl)cc2)c1C(=O)OC. The minimum atomic E-state index is -0.528. The van der Waals surface area contributed by atoms with Crippen LogP contribution in [0.2, 0.25) is 5.02 Å². The summed E-state index contributed by atoms with van der Waals surface area (Å²) in [5.41, 5.74) is 2.88. The number of anilines is 1. The lowest BCUT2D eigenvalue weighted by Crippen LogP contribution is -2.16. The van der Waals surface area contributed by atoms with E-state index >= 15 is 0 Å². The molecule has 0 bridgehead atoms. The van der Waals surface area contributed by atoms with Crippen LogP contribution in [0.1, 0.15) is 21.9 Å². The number of aromatic nitrogens is 4. The number of allylic oxidation sites excluding steroid dienone is 1. The number of ether oxygens (including phenoxy) is 1. The molecule has 0 fully saturated rings. The molecule has 36 heavy (non-hydrogen) atoms. The van der Waals surface area contributed by atoms with Gasteiger partial charge < -0.3 is 19.2 Å². The van der Waals surface area contributed by atoms with Crippen LogP contribution in [0.3, 0.4) is 0 Å². The van der Waals surface area contributed by atoms with Crippen LogP contribution in [-0.2, 0) is 29.5 Å². The number of rotatable bonds is 10. The first-order chi connectivity index (χ1) is 17.4. The smallest absolute Gasteiger partial charge is 0.341 e. The molecule has 0 spiro atoms. The third-order valence-corrected chi connectivity index (χ3v) is 7.53. The van der Waals surface area contributed by atoms with Gasteiger partial charge in [-0.2, -0.15) is 0 Å². The standard InChI is InChI=1S/C25H24ClN5O3S2/c1-4-11-31-20(13-18-6-5-12-30(18)2)28-29-25(31)36-15-21(32)27-23-22(24(33)34-3)19(14-35-23)16-7-9-17(26)10-8-16/h4-10,12,14H,1,11,13,15H2,2-3H3,(H,27,32). The fourth-order valence-corrected chi connectivity index (χ4v) is 5.47. The summed E-state index contributed by atoms with van der Waals surface area (Å²) in [5.74, 6) is 0.0826. The quantitative estimate of drug-likeness (QED) is 0.167. The molecule has 0 radical (unpaired) electrons. The summed E-state index contributed by atoms with van der Waals surface area (Å²) < 4.78 is 8.96. The number of hydrogen-bond donors (Lipinski definition) is 1. The van der Waals surface area contributed by atoms with Crippen LogP contribution in [0, 0.1) is 0 Å². The normalized spacial score (nSPS) is 10.9. The average molecular weight is 542 g/mol. The van der Waals surface area contributed by atoms with Gasteiger partial charge in [0.25, 0.3) is 0 Å². The number of hydrogen-bond acceptors (Lipinski definition) is 7. The van der Waals surface area contributed by atoms with Crippen LogP contribution in [0.25, 0.3) is 11.1 Å². The van der Waals surface area contributed by atoms with Gasteiger partial charge >= 0.3 is 5.97 Å². The Balaban J connectivity index is 1.49. The second kappa shape index (κ2) is 11.6. The minimum Gasteiger partial charge on any atom is -0.465 e.